The van der Waals surface area contributed by atoms with Crippen molar-refractivity contribution in [3.05, 3.63) is 42.1 Å². The van der Waals surface area contributed by atoms with Gasteiger partial charge in [0.25, 0.3) is 0 Å². The first-order valence-corrected chi connectivity index (χ1v) is 6.73. The maximum absolute atomic E-state index is 11.6. The summed E-state index contributed by atoms with van der Waals surface area (Å²) in [5.74, 6) is -1.05. The van der Waals surface area contributed by atoms with E-state index in [2.05, 4.69) is 0 Å². The Morgan fingerprint density at radius 2 is 1.77 bits per heavy atom. The molecule has 0 aromatic heterocycles. The van der Waals surface area contributed by atoms with Crippen LogP contribution in [0.2, 0.25) is 0 Å². The monoisotopic (exact) mass is 304 g/mol. The van der Waals surface area contributed by atoms with Gasteiger partial charge in [0.15, 0.2) is 0 Å². The summed E-state index contributed by atoms with van der Waals surface area (Å²) in [7, 11) is 1.84. The number of benzene rings is 1. The molecule has 22 heavy (non-hydrogen) atoms. The Labute approximate surface area is 129 Å². The first-order valence-electron chi connectivity index (χ1n) is 6.73. The average Bonchev–Trinajstić information content (AvgIpc) is 2.44. The SMILES string of the molecule is CN1CC(=O)OB(ON(C)/C=C/c2ccccc2)OC(=O)C1. The lowest BCUT2D eigenvalue weighted by Crippen LogP contribution is -2.45. The van der Waals surface area contributed by atoms with Crippen LogP contribution >= 0.6 is 0 Å². The smallest absolute Gasteiger partial charge is 0.471 e. The normalized spacial score (nSPS) is 16.9. The largest absolute Gasteiger partial charge is 0.814 e. The summed E-state index contributed by atoms with van der Waals surface area (Å²) >= 11 is 0. The molecule has 7 nitrogen and oxygen atoms in total. The average molecular weight is 304 g/mol. The van der Waals surface area contributed by atoms with Crippen LogP contribution in [-0.4, -0.2) is 56.4 Å². The third-order valence-electron chi connectivity index (χ3n) is 2.78. The molecule has 0 radical (unpaired) electrons. The van der Waals surface area contributed by atoms with Crippen LogP contribution in [0.15, 0.2) is 36.5 Å². The van der Waals surface area contributed by atoms with Gasteiger partial charge in [-0.2, -0.15) is 0 Å². The Morgan fingerprint density at radius 1 is 1.18 bits per heavy atom. The standard InChI is InChI=1S/C14H17BN2O5/c1-16-10-13(18)20-15(21-14(19)11-16)22-17(2)9-8-12-6-4-3-5-7-12/h3-9H,10-11H2,1-2H3/b9-8+. The number of nitrogens with zero attached hydrogens (tertiary/aromatic N) is 2. The van der Waals surface area contributed by atoms with E-state index in [9.17, 15) is 9.59 Å². The van der Waals surface area contributed by atoms with Gasteiger partial charge in [-0.15, -0.1) is 0 Å². The van der Waals surface area contributed by atoms with E-state index in [1.54, 1.807) is 26.4 Å². The summed E-state index contributed by atoms with van der Waals surface area (Å²) in [6.45, 7) is -0.00292. The second-order valence-corrected chi connectivity index (χ2v) is 4.82. The number of carbonyl (C=O) groups is 2. The van der Waals surface area contributed by atoms with Crippen molar-refractivity contribution in [3.8, 4) is 0 Å². The van der Waals surface area contributed by atoms with Gasteiger partial charge < -0.3 is 9.31 Å². The maximum Gasteiger partial charge on any atom is 0.814 e. The summed E-state index contributed by atoms with van der Waals surface area (Å²) < 4.78 is 15.1. The highest BCUT2D eigenvalue weighted by molar-refractivity contribution is 6.41. The second-order valence-electron chi connectivity index (χ2n) is 4.82. The van der Waals surface area contributed by atoms with Crippen molar-refractivity contribution in [2.75, 3.05) is 27.2 Å². The van der Waals surface area contributed by atoms with Crippen molar-refractivity contribution in [2.24, 2.45) is 0 Å². The van der Waals surface area contributed by atoms with Crippen LogP contribution in [0, 0.1) is 0 Å². The molecule has 0 saturated carbocycles. The molecule has 1 heterocycles. The molecule has 1 aliphatic heterocycles. The third-order valence-corrected chi connectivity index (χ3v) is 2.78. The lowest BCUT2D eigenvalue weighted by molar-refractivity contribution is -0.154. The molecule has 1 saturated heterocycles. The summed E-state index contributed by atoms with van der Waals surface area (Å²) in [4.78, 5) is 24.6. The van der Waals surface area contributed by atoms with Crippen molar-refractivity contribution in [1.29, 1.82) is 0 Å². The molecule has 0 spiro atoms. The maximum atomic E-state index is 11.6. The number of likely N-dealkylation sites (N-methyl/N-ethyl adjacent to an activating group) is 1. The number of hydrogen-bond acceptors (Lipinski definition) is 7. The topological polar surface area (TPSA) is 68.3 Å². The minimum atomic E-state index is -1.39. The molecule has 0 aliphatic carbocycles. The lowest BCUT2D eigenvalue weighted by atomic mass is 10.2. The third kappa shape index (κ3) is 5.23. The van der Waals surface area contributed by atoms with Crippen LogP contribution in [0.25, 0.3) is 6.08 Å². The number of carbonyl (C=O) groups excluding carboxylic acids is 2. The molecular weight excluding hydrogens is 287 g/mol. The van der Waals surface area contributed by atoms with Crippen LogP contribution < -0.4 is 0 Å². The molecule has 2 rings (SSSR count). The zero-order valence-corrected chi connectivity index (χ0v) is 12.5. The fraction of sp³-hybridized carbons (Fsp3) is 0.286. The number of hydroxylamine groups is 2. The molecule has 116 valence electrons. The lowest BCUT2D eigenvalue weighted by Gasteiger charge is -2.23. The first-order chi connectivity index (χ1) is 10.5. The summed E-state index contributed by atoms with van der Waals surface area (Å²) in [6.07, 6.45) is 3.43. The van der Waals surface area contributed by atoms with E-state index in [4.69, 9.17) is 14.1 Å². The zero-order valence-electron chi connectivity index (χ0n) is 12.5. The quantitative estimate of drug-likeness (QED) is 0.594. The van der Waals surface area contributed by atoms with E-state index in [1.807, 2.05) is 30.3 Å². The van der Waals surface area contributed by atoms with Crippen molar-refractivity contribution in [2.45, 2.75) is 0 Å². The molecular formula is C14H17BN2O5. The molecule has 0 N–H and O–H groups in total. The number of hydrogen-bond donors (Lipinski definition) is 0. The van der Waals surface area contributed by atoms with Crippen molar-refractivity contribution in [1.82, 2.24) is 9.96 Å². The van der Waals surface area contributed by atoms with Gasteiger partial charge >= 0.3 is 19.3 Å². The highest BCUT2D eigenvalue weighted by Crippen LogP contribution is 2.05. The summed E-state index contributed by atoms with van der Waals surface area (Å²) in [5, 5.41) is 1.31. The summed E-state index contributed by atoms with van der Waals surface area (Å²) in [6, 6.07) is 9.60. The number of rotatable bonds is 4. The first kappa shape index (κ1) is 16.1. The van der Waals surface area contributed by atoms with Crippen LogP contribution in [0.3, 0.4) is 0 Å². The zero-order chi connectivity index (χ0) is 15.9. The predicted molar refractivity (Wildman–Crippen MR) is 79.8 cm³/mol. The van der Waals surface area contributed by atoms with Gasteiger partial charge in [-0.25, -0.2) is 4.76 Å². The van der Waals surface area contributed by atoms with Crippen LogP contribution in [-0.2, 0) is 23.7 Å². The molecule has 0 atom stereocenters. The second kappa shape index (κ2) is 7.62. The highest BCUT2D eigenvalue weighted by atomic mass is 16.8. The van der Waals surface area contributed by atoms with Gasteiger partial charge in [0, 0.05) is 13.2 Å². The molecule has 1 fully saturated rings. The van der Waals surface area contributed by atoms with Gasteiger partial charge in [0.2, 0.25) is 0 Å². The molecule has 0 amide bonds. The van der Waals surface area contributed by atoms with Crippen LogP contribution in [0.4, 0.5) is 0 Å². The molecule has 0 bridgehead atoms. The molecule has 8 heteroatoms. The van der Waals surface area contributed by atoms with E-state index in [-0.39, 0.29) is 13.1 Å². The van der Waals surface area contributed by atoms with E-state index in [1.165, 1.54) is 9.96 Å². The summed E-state index contributed by atoms with van der Waals surface area (Å²) in [5.41, 5.74) is 0.978. The minimum absolute atomic E-state index is 0.00146. The minimum Gasteiger partial charge on any atom is -0.471 e. The van der Waals surface area contributed by atoms with Gasteiger partial charge in [0.1, 0.15) is 0 Å². The van der Waals surface area contributed by atoms with E-state index < -0.39 is 19.3 Å². The van der Waals surface area contributed by atoms with Gasteiger partial charge in [-0.1, -0.05) is 30.3 Å². The Balaban J connectivity index is 1.91. The van der Waals surface area contributed by atoms with Crippen molar-refractivity contribution in [3.63, 3.8) is 0 Å². The van der Waals surface area contributed by atoms with Gasteiger partial charge in [0.05, 0.1) is 13.1 Å². The van der Waals surface area contributed by atoms with Crippen molar-refractivity contribution >= 4 is 25.3 Å². The Bertz CT molecular complexity index is 531. The Morgan fingerprint density at radius 3 is 2.36 bits per heavy atom. The Hall–Kier alpha value is -2.32. The molecule has 1 aromatic rings. The molecule has 0 unspecified atom stereocenters. The van der Waals surface area contributed by atoms with E-state index in [0.29, 0.717) is 0 Å². The van der Waals surface area contributed by atoms with Gasteiger partial charge in [-0.3, -0.25) is 19.6 Å². The fourth-order valence-electron chi connectivity index (χ4n) is 1.78. The highest BCUT2D eigenvalue weighted by Gasteiger charge is 2.36. The van der Waals surface area contributed by atoms with Crippen LogP contribution in [0.5, 0.6) is 0 Å². The van der Waals surface area contributed by atoms with Crippen molar-refractivity contribution < 1.29 is 23.7 Å². The molecule has 1 aromatic carbocycles. The predicted octanol–water partition coefficient (Wildman–Crippen LogP) is 0.537. The Kier molecular flexibility index (Phi) is 5.57. The molecule has 1 aliphatic rings. The van der Waals surface area contributed by atoms with Gasteiger partial charge in [-0.05, 0) is 18.7 Å². The van der Waals surface area contributed by atoms with Crippen LogP contribution in [0.1, 0.15) is 5.56 Å². The van der Waals surface area contributed by atoms with E-state index in [0.717, 1.165) is 5.56 Å². The van der Waals surface area contributed by atoms with E-state index >= 15 is 0 Å². The fourth-order valence-corrected chi connectivity index (χ4v) is 1.78.